The molecule has 0 N–H and O–H groups in total. The highest BCUT2D eigenvalue weighted by Gasteiger charge is 2.20. The first-order valence-electron chi connectivity index (χ1n) is 5.98. The second-order valence-corrected chi connectivity index (χ2v) is 4.80. The van der Waals surface area contributed by atoms with Crippen LogP contribution in [0.3, 0.4) is 0 Å². The van der Waals surface area contributed by atoms with Crippen LogP contribution < -0.4 is 4.74 Å². The molecule has 1 aliphatic carbocycles. The number of hydrogen-bond donors (Lipinski definition) is 0. The Bertz CT molecular complexity index is 296. The molecule has 1 heteroatoms. The maximum Gasteiger partial charge on any atom is 0.119 e. The van der Waals surface area contributed by atoms with E-state index in [0.717, 1.165) is 18.3 Å². The highest BCUT2D eigenvalue weighted by atomic mass is 16.5. The maximum absolute atomic E-state index is 5.69. The fraction of sp³-hybridized carbons (Fsp3) is 0.571. The molecule has 1 nitrogen and oxygen atoms in total. The molecule has 0 aliphatic heterocycles. The minimum atomic E-state index is 0.602. The van der Waals surface area contributed by atoms with Crippen LogP contribution in [0, 0.1) is 5.92 Å². The van der Waals surface area contributed by atoms with Gasteiger partial charge in [-0.05, 0) is 36.0 Å². The first-order valence-corrected chi connectivity index (χ1v) is 5.98. The standard InChI is InChI=1S/C14H20O/c1-11(2)13-5-7-14(8-6-13)15-10-9-12-3-4-12/h5-8,11-12H,3-4,9-10H2,1-2H3. The zero-order valence-electron chi connectivity index (χ0n) is 9.70. The lowest BCUT2D eigenvalue weighted by atomic mass is 10.0. The van der Waals surface area contributed by atoms with Crippen LogP contribution in [0.5, 0.6) is 5.75 Å². The van der Waals surface area contributed by atoms with Crippen LogP contribution >= 0.6 is 0 Å². The van der Waals surface area contributed by atoms with E-state index in [4.69, 9.17) is 4.74 Å². The lowest BCUT2D eigenvalue weighted by Crippen LogP contribution is -1.98. The lowest BCUT2D eigenvalue weighted by molar-refractivity contribution is 0.302. The summed E-state index contributed by atoms with van der Waals surface area (Å²) in [5, 5.41) is 0. The summed E-state index contributed by atoms with van der Waals surface area (Å²) in [7, 11) is 0. The fourth-order valence-corrected chi connectivity index (χ4v) is 1.70. The zero-order valence-corrected chi connectivity index (χ0v) is 9.70. The molecule has 0 radical (unpaired) electrons. The first-order chi connectivity index (χ1) is 7.25. The smallest absolute Gasteiger partial charge is 0.119 e. The van der Waals surface area contributed by atoms with Crippen molar-refractivity contribution in [2.45, 2.75) is 39.0 Å². The quantitative estimate of drug-likeness (QED) is 0.704. The Morgan fingerprint density at radius 3 is 2.40 bits per heavy atom. The van der Waals surface area contributed by atoms with Gasteiger partial charge in [0, 0.05) is 0 Å². The van der Waals surface area contributed by atoms with Crippen molar-refractivity contribution in [2.24, 2.45) is 5.92 Å². The molecule has 0 atom stereocenters. The molecule has 82 valence electrons. The van der Waals surface area contributed by atoms with Crippen LogP contribution in [-0.2, 0) is 0 Å². The highest BCUT2D eigenvalue weighted by Crippen LogP contribution is 2.32. The fourth-order valence-electron chi connectivity index (χ4n) is 1.70. The van der Waals surface area contributed by atoms with Crippen molar-refractivity contribution < 1.29 is 4.74 Å². The van der Waals surface area contributed by atoms with Gasteiger partial charge in [-0.25, -0.2) is 0 Å². The molecule has 0 heterocycles. The van der Waals surface area contributed by atoms with Gasteiger partial charge in [-0.15, -0.1) is 0 Å². The van der Waals surface area contributed by atoms with Gasteiger partial charge in [0.15, 0.2) is 0 Å². The lowest BCUT2D eigenvalue weighted by Gasteiger charge is -2.08. The van der Waals surface area contributed by atoms with Gasteiger partial charge in [-0.2, -0.15) is 0 Å². The summed E-state index contributed by atoms with van der Waals surface area (Å²) in [6.07, 6.45) is 4.05. The van der Waals surface area contributed by atoms with Crippen LogP contribution in [0.4, 0.5) is 0 Å². The Labute approximate surface area is 92.5 Å². The molecule has 0 spiro atoms. The van der Waals surface area contributed by atoms with Gasteiger partial charge in [-0.3, -0.25) is 0 Å². The summed E-state index contributed by atoms with van der Waals surface area (Å²) in [5.41, 5.74) is 1.38. The van der Waals surface area contributed by atoms with E-state index in [1.165, 1.54) is 24.8 Å². The Morgan fingerprint density at radius 1 is 1.20 bits per heavy atom. The summed E-state index contributed by atoms with van der Waals surface area (Å²) < 4.78 is 5.69. The second kappa shape index (κ2) is 4.69. The Morgan fingerprint density at radius 2 is 1.87 bits per heavy atom. The molecule has 2 rings (SSSR count). The average Bonchev–Trinajstić information content (AvgIpc) is 3.02. The minimum absolute atomic E-state index is 0.602. The largest absolute Gasteiger partial charge is 0.494 e. The second-order valence-electron chi connectivity index (χ2n) is 4.80. The molecule has 1 aromatic carbocycles. The Balaban J connectivity index is 1.80. The molecule has 0 unspecified atom stereocenters. The van der Waals surface area contributed by atoms with E-state index >= 15 is 0 Å². The van der Waals surface area contributed by atoms with E-state index in [1.807, 2.05) is 0 Å². The van der Waals surface area contributed by atoms with E-state index in [9.17, 15) is 0 Å². The Hall–Kier alpha value is -0.980. The van der Waals surface area contributed by atoms with Crippen molar-refractivity contribution in [1.82, 2.24) is 0 Å². The van der Waals surface area contributed by atoms with Crippen LogP contribution in [0.2, 0.25) is 0 Å². The molecule has 0 aromatic heterocycles. The minimum Gasteiger partial charge on any atom is -0.494 e. The molecule has 15 heavy (non-hydrogen) atoms. The monoisotopic (exact) mass is 204 g/mol. The predicted octanol–water partition coefficient (Wildman–Crippen LogP) is 3.99. The summed E-state index contributed by atoms with van der Waals surface area (Å²) in [5.74, 6) is 2.57. The van der Waals surface area contributed by atoms with Crippen molar-refractivity contribution in [1.29, 1.82) is 0 Å². The summed E-state index contributed by atoms with van der Waals surface area (Å²) in [6.45, 7) is 5.30. The van der Waals surface area contributed by atoms with Crippen molar-refractivity contribution in [3.8, 4) is 5.75 Å². The van der Waals surface area contributed by atoms with Crippen LogP contribution in [0.15, 0.2) is 24.3 Å². The van der Waals surface area contributed by atoms with Gasteiger partial charge in [0.25, 0.3) is 0 Å². The van der Waals surface area contributed by atoms with E-state index < -0.39 is 0 Å². The summed E-state index contributed by atoms with van der Waals surface area (Å²) in [6, 6.07) is 8.50. The number of rotatable bonds is 5. The van der Waals surface area contributed by atoms with Gasteiger partial charge in [0.05, 0.1) is 6.61 Å². The van der Waals surface area contributed by atoms with Crippen molar-refractivity contribution in [3.05, 3.63) is 29.8 Å². The molecule has 1 aliphatic rings. The summed E-state index contributed by atoms with van der Waals surface area (Å²) in [4.78, 5) is 0. The van der Waals surface area contributed by atoms with Gasteiger partial charge in [0.1, 0.15) is 5.75 Å². The molecular formula is C14H20O. The first kappa shape index (κ1) is 10.5. The van der Waals surface area contributed by atoms with E-state index in [2.05, 4.69) is 38.1 Å². The molecule has 1 saturated carbocycles. The van der Waals surface area contributed by atoms with Crippen LogP contribution in [-0.4, -0.2) is 6.61 Å². The maximum atomic E-state index is 5.69. The van der Waals surface area contributed by atoms with Crippen molar-refractivity contribution >= 4 is 0 Å². The molecule has 0 amide bonds. The normalized spacial score (nSPS) is 15.7. The van der Waals surface area contributed by atoms with Gasteiger partial charge in [-0.1, -0.05) is 38.8 Å². The highest BCUT2D eigenvalue weighted by molar-refractivity contribution is 5.28. The summed E-state index contributed by atoms with van der Waals surface area (Å²) >= 11 is 0. The predicted molar refractivity (Wildman–Crippen MR) is 63.4 cm³/mol. The van der Waals surface area contributed by atoms with E-state index in [1.54, 1.807) is 0 Å². The van der Waals surface area contributed by atoms with Crippen LogP contribution in [0.25, 0.3) is 0 Å². The van der Waals surface area contributed by atoms with Crippen molar-refractivity contribution in [2.75, 3.05) is 6.61 Å². The van der Waals surface area contributed by atoms with Gasteiger partial charge >= 0.3 is 0 Å². The SMILES string of the molecule is CC(C)c1ccc(OCCC2CC2)cc1. The number of ether oxygens (including phenoxy) is 1. The molecule has 1 aromatic rings. The molecule has 1 fully saturated rings. The molecule has 0 bridgehead atoms. The molecule has 0 saturated heterocycles. The Kier molecular flexibility index (Phi) is 3.30. The van der Waals surface area contributed by atoms with Gasteiger partial charge < -0.3 is 4.74 Å². The number of benzene rings is 1. The average molecular weight is 204 g/mol. The topological polar surface area (TPSA) is 9.23 Å². The third kappa shape index (κ3) is 3.26. The van der Waals surface area contributed by atoms with Gasteiger partial charge in [0.2, 0.25) is 0 Å². The third-order valence-electron chi connectivity index (χ3n) is 3.04. The van der Waals surface area contributed by atoms with Crippen LogP contribution in [0.1, 0.15) is 44.6 Å². The number of hydrogen-bond acceptors (Lipinski definition) is 1. The van der Waals surface area contributed by atoms with Crippen molar-refractivity contribution in [3.63, 3.8) is 0 Å². The third-order valence-corrected chi connectivity index (χ3v) is 3.04. The van der Waals surface area contributed by atoms with E-state index in [-0.39, 0.29) is 0 Å². The zero-order chi connectivity index (χ0) is 10.7. The van der Waals surface area contributed by atoms with E-state index in [0.29, 0.717) is 5.92 Å². The molecular weight excluding hydrogens is 184 g/mol.